The van der Waals surface area contributed by atoms with Crippen molar-refractivity contribution in [3.05, 3.63) is 69.4 Å². The zero-order chi connectivity index (χ0) is 14.5. The van der Waals surface area contributed by atoms with Gasteiger partial charge < -0.3 is 10.4 Å². The first-order valence-corrected chi connectivity index (χ1v) is 6.82. The van der Waals surface area contributed by atoms with Crippen LogP contribution in [0.3, 0.4) is 0 Å². The van der Waals surface area contributed by atoms with Gasteiger partial charge in [0.1, 0.15) is 5.82 Å². The number of amides is 1. The lowest BCUT2D eigenvalue weighted by atomic mass is 10.1. The van der Waals surface area contributed by atoms with Crippen molar-refractivity contribution in [1.29, 1.82) is 0 Å². The number of hydrogen-bond donors (Lipinski definition) is 2. The number of benzene rings is 2. The molecule has 0 spiro atoms. The molecule has 1 amide bonds. The van der Waals surface area contributed by atoms with Crippen LogP contribution in [0.5, 0.6) is 0 Å². The van der Waals surface area contributed by atoms with E-state index in [0.717, 1.165) is 11.1 Å². The van der Waals surface area contributed by atoms with Crippen LogP contribution in [0.25, 0.3) is 0 Å². The number of rotatable bonds is 4. The molecule has 0 aromatic heterocycles. The van der Waals surface area contributed by atoms with Gasteiger partial charge in [0.2, 0.25) is 0 Å². The molecule has 5 heteroatoms. The smallest absolute Gasteiger partial charge is 0.252 e. The second-order valence-electron chi connectivity index (χ2n) is 4.23. The topological polar surface area (TPSA) is 49.3 Å². The van der Waals surface area contributed by atoms with Gasteiger partial charge in [-0.15, -0.1) is 0 Å². The fourth-order valence-corrected chi connectivity index (χ4v) is 2.25. The van der Waals surface area contributed by atoms with Gasteiger partial charge in [0.25, 0.3) is 5.91 Å². The average Bonchev–Trinajstić information content (AvgIpc) is 2.47. The molecule has 0 heterocycles. The first-order chi connectivity index (χ1) is 9.61. The Hall–Kier alpha value is -1.72. The summed E-state index contributed by atoms with van der Waals surface area (Å²) in [4.78, 5) is 12.0. The third-order valence-corrected chi connectivity index (χ3v) is 3.59. The normalized spacial score (nSPS) is 10.3. The molecule has 104 valence electrons. The van der Waals surface area contributed by atoms with Crippen LogP contribution in [-0.2, 0) is 13.2 Å². The molecule has 20 heavy (non-hydrogen) atoms. The van der Waals surface area contributed by atoms with Crippen LogP contribution in [0.15, 0.2) is 46.9 Å². The summed E-state index contributed by atoms with van der Waals surface area (Å²) in [5.41, 5.74) is 1.83. The average molecular weight is 338 g/mol. The molecule has 0 aliphatic carbocycles. The molecular formula is C15H13BrFNO2. The molecule has 0 fully saturated rings. The molecule has 0 aliphatic rings. The summed E-state index contributed by atoms with van der Waals surface area (Å²) in [5.74, 6) is -0.835. The van der Waals surface area contributed by atoms with Crippen LogP contribution in [0.4, 0.5) is 4.39 Å². The number of hydrogen-bond acceptors (Lipinski definition) is 2. The summed E-state index contributed by atoms with van der Waals surface area (Å²) >= 11 is 3.22. The van der Waals surface area contributed by atoms with Gasteiger partial charge in [0, 0.05) is 11.0 Å². The van der Waals surface area contributed by atoms with Crippen LogP contribution >= 0.6 is 15.9 Å². The molecule has 0 radical (unpaired) electrons. The number of aliphatic hydroxyl groups excluding tert-OH is 1. The van der Waals surface area contributed by atoms with Gasteiger partial charge in [-0.3, -0.25) is 4.79 Å². The van der Waals surface area contributed by atoms with E-state index < -0.39 is 5.82 Å². The summed E-state index contributed by atoms with van der Waals surface area (Å²) in [6, 6.07) is 11.2. The van der Waals surface area contributed by atoms with E-state index in [1.165, 1.54) is 18.2 Å². The summed E-state index contributed by atoms with van der Waals surface area (Å²) in [6.07, 6.45) is 0. The molecule has 0 saturated carbocycles. The van der Waals surface area contributed by atoms with Gasteiger partial charge in [-0.25, -0.2) is 4.39 Å². The molecule has 0 saturated heterocycles. The Balaban J connectivity index is 2.11. The number of halogens is 2. The highest BCUT2D eigenvalue weighted by Gasteiger charge is 2.11. The Kier molecular flexibility index (Phi) is 4.87. The first kappa shape index (κ1) is 14.7. The Morgan fingerprint density at radius 1 is 1.20 bits per heavy atom. The van der Waals surface area contributed by atoms with Gasteiger partial charge >= 0.3 is 0 Å². The molecule has 2 aromatic rings. The Morgan fingerprint density at radius 3 is 2.60 bits per heavy atom. The molecule has 2 rings (SSSR count). The largest absolute Gasteiger partial charge is 0.392 e. The Labute approximate surface area is 124 Å². The van der Waals surface area contributed by atoms with Crippen molar-refractivity contribution in [2.45, 2.75) is 13.2 Å². The minimum Gasteiger partial charge on any atom is -0.392 e. The summed E-state index contributed by atoms with van der Waals surface area (Å²) < 4.78 is 13.7. The zero-order valence-corrected chi connectivity index (χ0v) is 12.2. The van der Waals surface area contributed by atoms with E-state index in [1.54, 1.807) is 6.07 Å². The van der Waals surface area contributed by atoms with Gasteiger partial charge in [0.15, 0.2) is 0 Å². The van der Waals surface area contributed by atoms with E-state index >= 15 is 0 Å². The quantitative estimate of drug-likeness (QED) is 0.900. The van der Waals surface area contributed by atoms with E-state index in [-0.39, 0.29) is 24.6 Å². The number of nitrogens with one attached hydrogen (secondary N) is 1. The molecule has 3 nitrogen and oxygen atoms in total. The lowest BCUT2D eigenvalue weighted by molar-refractivity contribution is 0.0949. The Morgan fingerprint density at radius 2 is 1.90 bits per heavy atom. The van der Waals surface area contributed by atoms with E-state index in [9.17, 15) is 14.3 Å². The number of carbonyl (C=O) groups excluding carboxylic acids is 1. The van der Waals surface area contributed by atoms with Crippen molar-refractivity contribution < 1.29 is 14.3 Å². The Bertz CT molecular complexity index is 631. The molecule has 2 N–H and O–H groups in total. The standard InChI is InChI=1S/C15H13BrFNO2/c16-14-6-5-12(17)7-13(14)15(20)18-8-10-3-1-2-4-11(10)9-19/h1-7,19H,8-9H2,(H,18,20). The fourth-order valence-electron chi connectivity index (χ4n) is 1.83. The number of carbonyl (C=O) groups is 1. The van der Waals surface area contributed by atoms with E-state index in [4.69, 9.17) is 0 Å². The van der Waals surface area contributed by atoms with Crippen molar-refractivity contribution in [3.63, 3.8) is 0 Å². The summed E-state index contributed by atoms with van der Waals surface area (Å²) in [5, 5.41) is 11.9. The van der Waals surface area contributed by atoms with Crippen LogP contribution in [-0.4, -0.2) is 11.0 Å². The maximum absolute atomic E-state index is 13.2. The fraction of sp³-hybridized carbons (Fsp3) is 0.133. The van der Waals surface area contributed by atoms with Gasteiger partial charge in [0.05, 0.1) is 12.2 Å². The van der Waals surface area contributed by atoms with Crippen LogP contribution in [0.2, 0.25) is 0 Å². The van der Waals surface area contributed by atoms with Crippen molar-refractivity contribution in [1.82, 2.24) is 5.32 Å². The molecule has 0 atom stereocenters. The minimum absolute atomic E-state index is 0.0876. The monoisotopic (exact) mass is 337 g/mol. The molecule has 0 unspecified atom stereocenters. The van der Waals surface area contributed by atoms with Crippen molar-refractivity contribution in [3.8, 4) is 0 Å². The van der Waals surface area contributed by atoms with Gasteiger partial charge in [-0.2, -0.15) is 0 Å². The SMILES string of the molecule is O=C(NCc1ccccc1CO)c1cc(F)ccc1Br. The maximum Gasteiger partial charge on any atom is 0.252 e. The highest BCUT2D eigenvalue weighted by Crippen LogP contribution is 2.18. The third-order valence-electron chi connectivity index (χ3n) is 2.90. The highest BCUT2D eigenvalue weighted by atomic mass is 79.9. The zero-order valence-electron chi connectivity index (χ0n) is 10.6. The second kappa shape index (κ2) is 6.63. The lowest BCUT2D eigenvalue weighted by Crippen LogP contribution is -2.24. The van der Waals surface area contributed by atoms with E-state index in [0.29, 0.717) is 4.47 Å². The van der Waals surface area contributed by atoms with E-state index in [1.807, 2.05) is 18.2 Å². The highest BCUT2D eigenvalue weighted by molar-refractivity contribution is 9.10. The molecular weight excluding hydrogens is 325 g/mol. The second-order valence-corrected chi connectivity index (χ2v) is 5.09. The summed E-state index contributed by atoms with van der Waals surface area (Å²) in [6.45, 7) is 0.189. The third kappa shape index (κ3) is 3.43. The van der Waals surface area contributed by atoms with Crippen molar-refractivity contribution in [2.75, 3.05) is 0 Å². The maximum atomic E-state index is 13.2. The first-order valence-electron chi connectivity index (χ1n) is 6.02. The molecule has 0 aliphatic heterocycles. The van der Waals surface area contributed by atoms with Crippen LogP contribution in [0, 0.1) is 5.82 Å². The molecule has 0 bridgehead atoms. The van der Waals surface area contributed by atoms with Gasteiger partial charge in [-0.05, 0) is 45.3 Å². The molecule has 2 aromatic carbocycles. The van der Waals surface area contributed by atoms with Crippen LogP contribution in [0.1, 0.15) is 21.5 Å². The minimum atomic E-state index is -0.464. The lowest BCUT2D eigenvalue weighted by Gasteiger charge is -2.10. The van der Waals surface area contributed by atoms with Crippen molar-refractivity contribution in [2.24, 2.45) is 0 Å². The van der Waals surface area contributed by atoms with Crippen molar-refractivity contribution >= 4 is 21.8 Å². The van der Waals surface area contributed by atoms with Gasteiger partial charge in [-0.1, -0.05) is 24.3 Å². The van der Waals surface area contributed by atoms with E-state index in [2.05, 4.69) is 21.2 Å². The predicted molar refractivity (Wildman–Crippen MR) is 77.6 cm³/mol. The summed E-state index contributed by atoms with van der Waals surface area (Å²) in [7, 11) is 0. The van der Waals surface area contributed by atoms with Crippen LogP contribution < -0.4 is 5.32 Å². The predicted octanol–water partition coefficient (Wildman–Crippen LogP) is 3.01. The number of aliphatic hydroxyl groups is 1.